The maximum absolute atomic E-state index is 11.6. The lowest BCUT2D eigenvalue weighted by Crippen LogP contribution is -2.11. The fraction of sp³-hybridized carbons (Fsp3) is 0.357. The zero-order chi connectivity index (χ0) is 11.5. The van der Waals surface area contributed by atoms with Crippen LogP contribution in [0.1, 0.15) is 31.4 Å². The van der Waals surface area contributed by atoms with Crippen LogP contribution < -0.4 is 5.56 Å². The van der Waals surface area contributed by atoms with Crippen LogP contribution in [0, 0.1) is 0 Å². The molecule has 0 amide bonds. The molecule has 2 aromatic rings. The van der Waals surface area contributed by atoms with Crippen molar-refractivity contribution >= 4 is 10.8 Å². The van der Waals surface area contributed by atoms with Gasteiger partial charge in [0.05, 0.1) is 0 Å². The van der Waals surface area contributed by atoms with Gasteiger partial charge in [0.2, 0.25) is 0 Å². The van der Waals surface area contributed by atoms with E-state index < -0.39 is 0 Å². The number of aromatic nitrogens is 1. The van der Waals surface area contributed by atoms with Gasteiger partial charge in [-0.3, -0.25) is 4.79 Å². The summed E-state index contributed by atoms with van der Waals surface area (Å²) in [4.78, 5) is 14.4. The van der Waals surface area contributed by atoms with Crippen molar-refractivity contribution in [2.45, 2.75) is 33.1 Å². The highest BCUT2D eigenvalue weighted by Gasteiger charge is 2.13. The van der Waals surface area contributed by atoms with Gasteiger partial charge >= 0.3 is 0 Å². The third kappa shape index (κ3) is 1.64. The van der Waals surface area contributed by atoms with Gasteiger partial charge in [0, 0.05) is 11.6 Å². The van der Waals surface area contributed by atoms with E-state index in [4.69, 9.17) is 0 Å². The fourth-order valence-electron chi connectivity index (χ4n) is 2.35. The Morgan fingerprint density at radius 3 is 2.69 bits per heavy atom. The highest BCUT2D eigenvalue weighted by Crippen LogP contribution is 2.26. The molecule has 1 aliphatic carbocycles. The summed E-state index contributed by atoms with van der Waals surface area (Å²) in [5, 5.41) is 2.04. The van der Waals surface area contributed by atoms with E-state index in [-0.39, 0.29) is 5.56 Å². The molecule has 0 atom stereocenters. The van der Waals surface area contributed by atoms with Crippen LogP contribution in [0.5, 0.6) is 0 Å². The summed E-state index contributed by atoms with van der Waals surface area (Å²) in [5.41, 5.74) is 2.66. The number of hydrogen-bond acceptors (Lipinski definition) is 1. The summed E-state index contributed by atoms with van der Waals surface area (Å²) in [6.45, 7) is 4.00. The summed E-state index contributed by atoms with van der Waals surface area (Å²) in [7, 11) is 0. The molecule has 0 spiro atoms. The smallest absolute Gasteiger partial charge is 0.255 e. The van der Waals surface area contributed by atoms with Gasteiger partial charge in [-0.05, 0) is 41.8 Å². The summed E-state index contributed by atoms with van der Waals surface area (Å²) in [6.07, 6.45) is 5.25. The third-order valence-electron chi connectivity index (χ3n) is 2.99. The summed E-state index contributed by atoms with van der Waals surface area (Å²) in [6, 6.07) is 6.01. The van der Waals surface area contributed by atoms with E-state index >= 15 is 0 Å². The van der Waals surface area contributed by atoms with Crippen molar-refractivity contribution in [2.75, 3.05) is 0 Å². The van der Waals surface area contributed by atoms with Crippen molar-refractivity contribution in [2.24, 2.45) is 0 Å². The van der Waals surface area contributed by atoms with Crippen molar-refractivity contribution in [3.8, 4) is 0 Å². The molecule has 0 radical (unpaired) electrons. The number of aromatic amines is 1. The molecule has 1 aromatic heterocycles. The first-order valence-electron chi connectivity index (χ1n) is 5.98. The number of H-pyrrole nitrogens is 1. The Kier molecular flexibility index (Phi) is 3.09. The number of hydrogen-bond donors (Lipinski definition) is 1. The largest absolute Gasteiger partial charge is 0.328 e. The van der Waals surface area contributed by atoms with Gasteiger partial charge < -0.3 is 4.98 Å². The Bertz CT molecular complexity index is 544. The molecule has 0 saturated carbocycles. The molecule has 84 valence electrons. The molecule has 0 fully saturated rings. The second kappa shape index (κ2) is 4.52. The zero-order valence-electron chi connectivity index (χ0n) is 9.84. The van der Waals surface area contributed by atoms with E-state index in [1.54, 1.807) is 0 Å². The van der Waals surface area contributed by atoms with Crippen LogP contribution in [-0.2, 0) is 12.8 Å². The maximum atomic E-state index is 11.6. The quantitative estimate of drug-likeness (QED) is 0.720. The molecule has 0 unspecified atom stereocenters. The number of benzene rings is 1. The van der Waals surface area contributed by atoms with Crippen LogP contribution in [-0.4, -0.2) is 4.98 Å². The standard InChI is InChI=1S/C12H11NO.C2H6/c14-12-10-6-2-4-8-3-1-5-9(7-13-12)11(8)10;1-2/h2,4,6-7H,1,3,5H2,(H,13,14);1-2H3. The fourth-order valence-corrected chi connectivity index (χ4v) is 2.35. The van der Waals surface area contributed by atoms with Gasteiger partial charge in [0.25, 0.3) is 5.56 Å². The van der Waals surface area contributed by atoms with Crippen molar-refractivity contribution in [3.05, 3.63) is 45.9 Å². The molecule has 2 heteroatoms. The molecule has 1 N–H and O–H groups in total. The monoisotopic (exact) mass is 215 g/mol. The van der Waals surface area contributed by atoms with Crippen molar-refractivity contribution < 1.29 is 0 Å². The minimum absolute atomic E-state index is 0.0347. The van der Waals surface area contributed by atoms with Crippen LogP contribution in [0.3, 0.4) is 0 Å². The van der Waals surface area contributed by atoms with Crippen LogP contribution in [0.25, 0.3) is 10.8 Å². The molecule has 1 heterocycles. The molecule has 2 nitrogen and oxygen atoms in total. The van der Waals surface area contributed by atoms with E-state index in [2.05, 4.69) is 11.1 Å². The number of aryl methyl sites for hydroxylation is 2. The molecular weight excluding hydrogens is 198 g/mol. The molecule has 1 aliphatic rings. The highest BCUT2D eigenvalue weighted by atomic mass is 16.1. The number of rotatable bonds is 0. The Labute approximate surface area is 95.3 Å². The summed E-state index contributed by atoms with van der Waals surface area (Å²) in [5.74, 6) is 0. The van der Waals surface area contributed by atoms with Crippen LogP contribution in [0.2, 0.25) is 0 Å². The number of nitrogens with one attached hydrogen (secondary N) is 1. The van der Waals surface area contributed by atoms with E-state index in [0.29, 0.717) is 0 Å². The molecular formula is C14H17NO. The van der Waals surface area contributed by atoms with Gasteiger partial charge in [-0.25, -0.2) is 0 Å². The molecule has 0 aliphatic heterocycles. The van der Waals surface area contributed by atoms with Gasteiger partial charge in [0.1, 0.15) is 0 Å². The molecule has 0 bridgehead atoms. The summed E-state index contributed by atoms with van der Waals surface area (Å²) < 4.78 is 0. The van der Waals surface area contributed by atoms with Crippen LogP contribution >= 0.6 is 0 Å². The minimum Gasteiger partial charge on any atom is -0.328 e. The lowest BCUT2D eigenvalue weighted by molar-refractivity contribution is 0.803. The Hall–Kier alpha value is -1.57. The molecule has 1 aromatic carbocycles. The van der Waals surface area contributed by atoms with Crippen LogP contribution in [0.4, 0.5) is 0 Å². The normalized spacial score (nSPS) is 13.1. The number of pyridine rings is 1. The Morgan fingerprint density at radius 1 is 1.12 bits per heavy atom. The second-order valence-corrected chi connectivity index (χ2v) is 3.84. The lowest BCUT2D eigenvalue weighted by Gasteiger charge is -2.15. The topological polar surface area (TPSA) is 32.9 Å². The lowest BCUT2D eigenvalue weighted by atomic mass is 9.90. The molecule has 16 heavy (non-hydrogen) atoms. The average molecular weight is 215 g/mol. The van der Waals surface area contributed by atoms with Crippen molar-refractivity contribution in [3.63, 3.8) is 0 Å². The second-order valence-electron chi connectivity index (χ2n) is 3.84. The highest BCUT2D eigenvalue weighted by molar-refractivity contribution is 5.88. The van der Waals surface area contributed by atoms with Gasteiger partial charge in [0.15, 0.2) is 0 Å². The predicted molar refractivity (Wildman–Crippen MR) is 67.9 cm³/mol. The van der Waals surface area contributed by atoms with Gasteiger partial charge in [-0.2, -0.15) is 0 Å². The Morgan fingerprint density at radius 2 is 1.88 bits per heavy atom. The van der Waals surface area contributed by atoms with E-state index in [1.165, 1.54) is 22.9 Å². The SMILES string of the molecule is CC.O=c1[nH]cc2c3c(cccc13)CCC2. The van der Waals surface area contributed by atoms with E-state index in [1.807, 2.05) is 32.2 Å². The average Bonchev–Trinajstić information content (AvgIpc) is 2.37. The zero-order valence-corrected chi connectivity index (χ0v) is 9.84. The first-order valence-corrected chi connectivity index (χ1v) is 5.98. The molecule has 3 rings (SSSR count). The third-order valence-corrected chi connectivity index (χ3v) is 2.99. The first kappa shape index (κ1) is 10.9. The predicted octanol–water partition coefficient (Wildman–Crippen LogP) is 3.04. The van der Waals surface area contributed by atoms with E-state index in [0.717, 1.165) is 18.2 Å². The van der Waals surface area contributed by atoms with Gasteiger partial charge in [-0.15, -0.1) is 0 Å². The van der Waals surface area contributed by atoms with Gasteiger partial charge in [-0.1, -0.05) is 26.0 Å². The van der Waals surface area contributed by atoms with E-state index in [9.17, 15) is 4.79 Å². The minimum atomic E-state index is 0.0347. The first-order chi connectivity index (χ1) is 7.86. The summed E-state index contributed by atoms with van der Waals surface area (Å²) >= 11 is 0. The van der Waals surface area contributed by atoms with Crippen LogP contribution in [0.15, 0.2) is 29.2 Å². The molecule has 0 saturated heterocycles. The maximum Gasteiger partial charge on any atom is 0.255 e. The Balaban J connectivity index is 0.000000457. The van der Waals surface area contributed by atoms with Crippen molar-refractivity contribution in [1.82, 2.24) is 4.98 Å². The van der Waals surface area contributed by atoms with Crippen molar-refractivity contribution in [1.29, 1.82) is 0 Å².